The fourth-order valence-electron chi connectivity index (χ4n) is 6.92. The van der Waals surface area contributed by atoms with Gasteiger partial charge in [-0.1, -0.05) is 0 Å². The predicted molar refractivity (Wildman–Crippen MR) is 281 cm³/mol. The van der Waals surface area contributed by atoms with Crippen molar-refractivity contribution in [2.45, 2.75) is 0 Å². The number of anilines is 2. The monoisotopic (exact) mass is 1030 g/mol. The maximum Gasteiger partial charge on any atom is 0.205 e. The molecular weight excluding hydrogens is 986 g/mol. The average Bonchev–Trinajstić information content (AvgIpc) is 4.32. The van der Waals surface area contributed by atoms with E-state index in [2.05, 4.69) is 26.2 Å². The lowest BCUT2D eigenvalue weighted by Crippen LogP contribution is -1.97. The summed E-state index contributed by atoms with van der Waals surface area (Å²) in [5, 5.41) is 33.1. The molecule has 7 heterocycles. The lowest BCUT2D eigenvalue weighted by Gasteiger charge is -2.02. The van der Waals surface area contributed by atoms with Gasteiger partial charge in [-0.05, 0) is 121 Å². The van der Waals surface area contributed by atoms with Crippen LogP contribution >= 0.6 is 0 Å². The van der Waals surface area contributed by atoms with Gasteiger partial charge in [0.2, 0.25) is 7.05 Å². The number of nitrogens with two attached hydrogens (primary N) is 1. The number of furan rings is 4. The van der Waals surface area contributed by atoms with Gasteiger partial charge in [0.1, 0.15) is 108 Å². The first-order chi connectivity index (χ1) is 37.1. The second-order valence-corrected chi connectivity index (χ2v) is 15.3. The van der Waals surface area contributed by atoms with Gasteiger partial charge >= 0.3 is 0 Å². The number of nitrogens with zero attached hydrogens (tertiary/aromatic N) is 6. The molecule has 0 aliphatic rings. The Morgan fingerprint density at radius 3 is 1.78 bits per heavy atom. The molecule has 0 spiro atoms. The van der Waals surface area contributed by atoms with Gasteiger partial charge < -0.3 is 52.9 Å². The third-order valence-corrected chi connectivity index (χ3v) is 10.1. The number of alkyl halides is 3. The molecule has 0 aliphatic carbocycles. The Kier molecular flexibility index (Phi) is 20.2. The van der Waals surface area contributed by atoms with Crippen molar-refractivity contribution in [1.29, 1.82) is 10.5 Å². The van der Waals surface area contributed by atoms with E-state index >= 15 is 0 Å². The van der Waals surface area contributed by atoms with Crippen molar-refractivity contribution in [3.63, 3.8) is 0 Å². The van der Waals surface area contributed by atoms with Gasteiger partial charge in [0.15, 0.2) is 17.8 Å². The van der Waals surface area contributed by atoms with Gasteiger partial charge in [0.05, 0.1) is 35.8 Å². The lowest BCUT2D eigenvalue weighted by molar-refractivity contribution is 0.110. The van der Waals surface area contributed by atoms with Gasteiger partial charge in [-0.2, -0.15) is 10.5 Å². The summed E-state index contributed by atoms with van der Waals surface area (Å²) in [5.41, 5.74) is 10.6. The van der Waals surface area contributed by atoms with E-state index in [9.17, 15) is 18.0 Å². The zero-order valence-electron chi connectivity index (χ0n) is 40.8. The molecule has 386 valence electrons. The number of rotatable bonds is 12. The van der Waals surface area contributed by atoms with E-state index in [-0.39, 0.29) is 31.3 Å². The van der Waals surface area contributed by atoms with Crippen molar-refractivity contribution in [2.75, 3.05) is 65.0 Å². The number of phenols is 1. The number of ether oxygens (including phenoxy) is 3. The maximum absolute atomic E-state index is 12.3. The van der Waals surface area contributed by atoms with Crippen molar-refractivity contribution >= 4 is 67.4 Å². The highest BCUT2D eigenvalue weighted by molar-refractivity contribution is 5.87. The molecule has 0 fully saturated rings. The number of phenolic OH excluding ortho intramolecular Hbond substituents is 1. The number of hydrogen-bond donors (Lipinski definition) is 3. The molecule has 11 aromatic rings. The van der Waals surface area contributed by atoms with E-state index < -0.39 is 20.0 Å². The number of aldehydes is 1. The van der Waals surface area contributed by atoms with Gasteiger partial charge in [-0.15, -0.1) is 0 Å². The summed E-state index contributed by atoms with van der Waals surface area (Å²) in [6, 6.07) is 38.6. The second kappa shape index (κ2) is 28.0. The number of hydrogen-bond acceptors (Lipinski definition) is 15. The molecular formula is C56H47F3N8O9. The standard InChI is InChI=1S/C19H15FN4O2.C11H9FO3.C10H9FO2.C8H6O2.C6H5N3.C2H3N/c1-22-19-18(23-17-8-12(11-21)4-6-24(17)19)16-10-13-9-14(25-7-5-20)2-3-15(13)26-16;12-3-4-14-9-1-2-11-8(5-9)6-10(7-13)15-11;11-4-6-12-9-1-2-10-8(7-9)3-5-13-10;9-7-1-2-8-6(5-7)3-4-10-8;7-4-5-1-2-9-6(8)3-5;1-3-2/h2-4,6,8-10,22H,5,7H2,1H3;1-2,5-7H,3-4H2;1-3,5,7H,4,6H2;1-5,9H;1-3H,(H2,8,9);1H3. The Morgan fingerprint density at radius 2 is 1.24 bits per heavy atom. The van der Waals surface area contributed by atoms with Crippen LogP contribution in [0.1, 0.15) is 21.7 Å². The summed E-state index contributed by atoms with van der Waals surface area (Å²) in [5.74, 6) is 4.11. The van der Waals surface area contributed by atoms with Crippen LogP contribution < -0.4 is 25.3 Å². The Bertz CT molecular complexity index is 3770. The van der Waals surface area contributed by atoms with Gasteiger partial charge in [0, 0.05) is 41.0 Å². The Balaban J connectivity index is 0.000000161. The van der Waals surface area contributed by atoms with Crippen LogP contribution in [0.3, 0.4) is 0 Å². The quantitative estimate of drug-likeness (QED) is 0.0762. The van der Waals surface area contributed by atoms with E-state index in [0.29, 0.717) is 68.7 Å². The zero-order valence-corrected chi connectivity index (χ0v) is 40.8. The van der Waals surface area contributed by atoms with Crippen LogP contribution in [0, 0.1) is 29.2 Å². The number of aromatic nitrogens is 3. The highest BCUT2D eigenvalue weighted by atomic mass is 19.1. The van der Waals surface area contributed by atoms with E-state index in [1.807, 2.05) is 40.8 Å². The molecule has 7 aromatic heterocycles. The second-order valence-electron chi connectivity index (χ2n) is 15.3. The number of nitrogens with one attached hydrogen (secondary N) is 1. The summed E-state index contributed by atoms with van der Waals surface area (Å²) in [4.78, 5) is 21.5. The first-order valence-corrected chi connectivity index (χ1v) is 22.8. The van der Waals surface area contributed by atoms with E-state index in [4.69, 9.17) is 59.8 Å². The maximum atomic E-state index is 12.3. The Labute approximate surface area is 432 Å². The first kappa shape index (κ1) is 54.9. The third-order valence-electron chi connectivity index (χ3n) is 10.1. The minimum absolute atomic E-state index is 0.0216. The Hall–Kier alpha value is -10.4. The van der Waals surface area contributed by atoms with Crippen LogP contribution in [0.15, 0.2) is 164 Å². The number of carbonyl (C=O) groups is 1. The van der Waals surface area contributed by atoms with E-state index in [0.717, 1.165) is 38.5 Å². The van der Waals surface area contributed by atoms with Crippen LogP contribution in [0.5, 0.6) is 23.0 Å². The average molecular weight is 1030 g/mol. The van der Waals surface area contributed by atoms with Crippen LogP contribution in [0.4, 0.5) is 24.8 Å². The first-order valence-electron chi connectivity index (χ1n) is 22.8. The normalized spacial score (nSPS) is 10.1. The highest BCUT2D eigenvalue weighted by Gasteiger charge is 2.18. The summed E-state index contributed by atoms with van der Waals surface area (Å²) < 4.78 is 74.6. The molecule has 0 unspecified atom stereocenters. The summed E-state index contributed by atoms with van der Waals surface area (Å²) >= 11 is 0. The number of fused-ring (bicyclic) bond motifs is 5. The third kappa shape index (κ3) is 15.1. The van der Waals surface area contributed by atoms with Gasteiger partial charge in [-0.3, -0.25) is 9.20 Å². The molecule has 4 aromatic carbocycles. The molecule has 20 heteroatoms. The lowest BCUT2D eigenvalue weighted by atomic mass is 10.2. The fourth-order valence-corrected chi connectivity index (χ4v) is 6.92. The summed E-state index contributed by atoms with van der Waals surface area (Å²) in [7, 11) is 3.22. The van der Waals surface area contributed by atoms with Crippen LogP contribution in [-0.2, 0) is 0 Å². The van der Waals surface area contributed by atoms with Crippen molar-refractivity contribution < 1.29 is 55.0 Å². The van der Waals surface area contributed by atoms with E-state index in [1.54, 1.807) is 111 Å². The number of nitriles is 2. The van der Waals surface area contributed by atoms with Crippen molar-refractivity contribution in [2.24, 2.45) is 0 Å². The van der Waals surface area contributed by atoms with Gasteiger partial charge in [-0.25, -0.2) is 29.7 Å². The van der Waals surface area contributed by atoms with Crippen molar-refractivity contribution in [3.8, 4) is 46.6 Å². The van der Waals surface area contributed by atoms with Crippen LogP contribution in [0.2, 0.25) is 0 Å². The minimum atomic E-state index is -0.536. The van der Waals surface area contributed by atoms with E-state index in [1.165, 1.54) is 19.3 Å². The molecule has 11 rings (SSSR count). The number of carbonyl (C=O) groups excluding carboxylic acids is 1. The molecule has 0 saturated carbocycles. The molecule has 0 atom stereocenters. The summed E-state index contributed by atoms with van der Waals surface area (Å²) in [6.45, 7) is 4.46. The molecule has 0 amide bonds. The number of nitrogen functional groups attached to an aromatic ring is 1. The smallest absolute Gasteiger partial charge is 0.205 e. The predicted octanol–water partition coefficient (Wildman–Crippen LogP) is 12.6. The molecule has 0 bridgehead atoms. The molecule has 0 aliphatic heterocycles. The molecule has 4 N–H and O–H groups in total. The molecule has 17 nitrogen and oxygen atoms in total. The van der Waals surface area contributed by atoms with Crippen LogP contribution in [-0.4, -0.2) is 79.7 Å². The number of aromatic hydroxyl groups is 1. The Morgan fingerprint density at radius 1 is 0.711 bits per heavy atom. The van der Waals surface area contributed by atoms with Crippen molar-refractivity contribution in [3.05, 3.63) is 175 Å². The van der Waals surface area contributed by atoms with Crippen molar-refractivity contribution in [1.82, 2.24) is 14.4 Å². The number of halogens is 3. The molecule has 0 radical (unpaired) electrons. The summed E-state index contributed by atoms with van der Waals surface area (Å²) in [6.07, 6.45) is 7.16. The minimum Gasteiger partial charge on any atom is -0.508 e. The highest BCUT2D eigenvalue weighted by Crippen LogP contribution is 2.35. The van der Waals surface area contributed by atoms with Gasteiger partial charge in [0.25, 0.3) is 0 Å². The number of pyridine rings is 2. The zero-order chi connectivity index (χ0) is 54.2. The molecule has 0 saturated heterocycles. The van der Waals surface area contributed by atoms with Crippen LogP contribution in [0.25, 0.3) is 65.8 Å². The number of imidazole rings is 1. The largest absolute Gasteiger partial charge is 0.508 e. The molecule has 76 heavy (non-hydrogen) atoms. The SMILES string of the molecule is CNc1c(-c2cc3cc(OCCF)ccc3o2)nc2cc(C#N)ccn12.FCCOc1ccc2occc2c1.N#Cc1ccnc(N)c1.O=Cc1cc2cc(OCCF)ccc2o1.Oc1ccc2occc2c1.[C-]#[N+]C. The number of benzene rings is 4. The topological polar surface area (TPSA) is 238 Å². The fraction of sp³-hybridized carbons (Fsp3) is 0.143.